The normalized spacial score (nSPS) is 22.7. The summed E-state index contributed by atoms with van der Waals surface area (Å²) in [7, 11) is 1.44. The number of para-hydroxylation sites is 1. The molecule has 1 unspecified atom stereocenters. The van der Waals surface area contributed by atoms with Crippen molar-refractivity contribution in [2.45, 2.75) is 36.7 Å². The Kier molecular flexibility index (Phi) is 7.76. The van der Waals surface area contributed by atoms with Gasteiger partial charge < -0.3 is 40.3 Å². The molecular weight excluding hydrogens is 554 g/mol. The number of methoxy groups -OCH3 is 1. The number of hydrogen-bond donors (Lipinski definition) is 5. The summed E-state index contributed by atoms with van der Waals surface area (Å²) in [5, 5.41) is 36.1. The molecule has 1 spiro atoms. The van der Waals surface area contributed by atoms with E-state index in [4.69, 9.17) is 26.2 Å². The fourth-order valence-electron chi connectivity index (χ4n) is 5.16. The lowest BCUT2D eigenvalue weighted by Gasteiger charge is -2.27. The summed E-state index contributed by atoms with van der Waals surface area (Å²) in [6, 6.07) is 17.0. The molecular formula is C29H28ClN3O8. The zero-order valence-electron chi connectivity index (χ0n) is 21.9. The number of carboxylic acids is 1. The van der Waals surface area contributed by atoms with E-state index in [1.54, 1.807) is 42.5 Å². The third kappa shape index (κ3) is 5.64. The number of aliphatic hydroxyl groups is 2. The van der Waals surface area contributed by atoms with E-state index in [0.717, 1.165) is 0 Å². The van der Waals surface area contributed by atoms with Gasteiger partial charge in [-0.1, -0.05) is 29.8 Å². The van der Waals surface area contributed by atoms with E-state index in [0.29, 0.717) is 39.9 Å². The number of urea groups is 1. The van der Waals surface area contributed by atoms with Crippen LogP contribution in [0, 0.1) is 0 Å². The van der Waals surface area contributed by atoms with Crippen LogP contribution in [0.25, 0.3) is 0 Å². The Morgan fingerprint density at radius 3 is 2.41 bits per heavy atom. The van der Waals surface area contributed by atoms with Crippen LogP contribution in [-0.2, 0) is 11.2 Å². The van der Waals surface area contributed by atoms with Crippen LogP contribution in [0.4, 0.5) is 16.2 Å². The molecule has 3 aromatic rings. The molecule has 5 N–H and O–H groups in total. The Morgan fingerprint density at radius 2 is 1.73 bits per heavy atom. The lowest BCUT2D eigenvalue weighted by Crippen LogP contribution is -2.46. The first-order chi connectivity index (χ1) is 19.6. The van der Waals surface area contributed by atoms with Gasteiger partial charge in [0.2, 0.25) is 5.91 Å². The van der Waals surface area contributed by atoms with Gasteiger partial charge in [-0.15, -0.1) is 0 Å². The van der Waals surface area contributed by atoms with E-state index in [9.17, 15) is 24.6 Å². The van der Waals surface area contributed by atoms with Crippen LogP contribution in [0.3, 0.4) is 0 Å². The van der Waals surface area contributed by atoms with E-state index >= 15 is 0 Å². The molecule has 1 heterocycles. The summed E-state index contributed by atoms with van der Waals surface area (Å²) in [6.07, 6.45) is -2.66. The maximum absolute atomic E-state index is 13.4. The number of aliphatic hydroxyl groups excluding tert-OH is 2. The van der Waals surface area contributed by atoms with Crippen molar-refractivity contribution in [1.29, 1.82) is 0 Å². The Hall–Kier alpha value is -4.32. The number of rotatable bonds is 8. The highest BCUT2D eigenvalue weighted by Crippen LogP contribution is 2.52. The molecule has 2 aliphatic rings. The summed E-state index contributed by atoms with van der Waals surface area (Å²) in [5.74, 6) is -0.666. The molecule has 12 heteroatoms. The molecule has 214 valence electrons. The van der Waals surface area contributed by atoms with Gasteiger partial charge in [0.15, 0.2) is 0 Å². The van der Waals surface area contributed by atoms with Crippen molar-refractivity contribution in [3.8, 4) is 11.5 Å². The van der Waals surface area contributed by atoms with Crippen molar-refractivity contribution < 1.29 is 39.2 Å². The Morgan fingerprint density at radius 1 is 1.02 bits per heavy atom. The van der Waals surface area contributed by atoms with Gasteiger partial charge in [-0.05, 0) is 54.1 Å². The minimum absolute atomic E-state index is 0.0519. The number of hydrogen-bond acceptors (Lipinski definition) is 7. The first kappa shape index (κ1) is 28.2. The molecule has 2 fully saturated rings. The number of β-amino-alcohol motifs (C(OH)–C–C–N with tert-alkyl or cyclic N) is 1. The van der Waals surface area contributed by atoms with Crippen LogP contribution in [0.2, 0.25) is 5.02 Å². The molecule has 1 aliphatic heterocycles. The highest BCUT2D eigenvalue weighted by Gasteiger charge is 2.71. The molecule has 1 aliphatic carbocycles. The summed E-state index contributed by atoms with van der Waals surface area (Å²) in [4.78, 5) is 38.5. The third-order valence-electron chi connectivity index (χ3n) is 7.33. The zero-order chi connectivity index (χ0) is 29.3. The van der Waals surface area contributed by atoms with Crippen LogP contribution >= 0.6 is 11.6 Å². The van der Waals surface area contributed by atoms with Crippen LogP contribution in [0.15, 0.2) is 66.7 Å². The van der Waals surface area contributed by atoms with Crippen molar-refractivity contribution >= 4 is 40.9 Å². The maximum atomic E-state index is 13.4. The highest BCUT2D eigenvalue weighted by molar-refractivity contribution is 6.33. The number of halogens is 1. The Labute approximate surface area is 240 Å². The van der Waals surface area contributed by atoms with Crippen LogP contribution in [-0.4, -0.2) is 75.6 Å². The number of nitrogens with one attached hydrogen (secondary N) is 2. The average Bonchev–Trinajstić information content (AvgIpc) is 3.60. The van der Waals surface area contributed by atoms with Gasteiger partial charge in [0.1, 0.15) is 29.2 Å². The smallest absolute Gasteiger partial charge is 0.335 e. The number of carbonyl (C=O) groups excluding carboxylic acids is 2. The molecule has 5 rings (SSSR count). The van der Waals surface area contributed by atoms with Gasteiger partial charge in [0.25, 0.3) is 0 Å². The molecule has 0 bridgehead atoms. The summed E-state index contributed by atoms with van der Waals surface area (Å²) in [6.45, 7) is -0.0587. The number of benzene rings is 3. The number of carboxylic acid groups (broad SMARTS) is 1. The SMILES string of the molecule is COc1cc(CC(=O)N2C[C@H](O)[C@H](O)C23C[C@@H]3Oc2ccc(C(=O)O)cc2)ccc1NC(=O)Nc1ccccc1Cl. The van der Waals surface area contributed by atoms with Crippen molar-refractivity contribution in [3.63, 3.8) is 0 Å². The average molecular weight is 582 g/mol. The molecule has 41 heavy (non-hydrogen) atoms. The highest BCUT2D eigenvalue weighted by atomic mass is 35.5. The first-order valence-electron chi connectivity index (χ1n) is 12.8. The van der Waals surface area contributed by atoms with Crippen LogP contribution in [0.1, 0.15) is 22.3 Å². The van der Waals surface area contributed by atoms with E-state index in [2.05, 4.69) is 10.6 Å². The molecule has 0 radical (unpaired) electrons. The number of ether oxygens (including phenoxy) is 2. The number of anilines is 2. The van der Waals surface area contributed by atoms with Gasteiger partial charge >= 0.3 is 12.0 Å². The molecule has 1 saturated carbocycles. The van der Waals surface area contributed by atoms with Crippen LogP contribution < -0.4 is 20.1 Å². The Balaban J connectivity index is 1.26. The maximum Gasteiger partial charge on any atom is 0.335 e. The van der Waals surface area contributed by atoms with E-state index < -0.39 is 35.9 Å². The fraction of sp³-hybridized carbons (Fsp3) is 0.276. The summed E-state index contributed by atoms with van der Waals surface area (Å²) in [5.41, 5.74) is 0.425. The predicted molar refractivity (Wildman–Crippen MR) is 150 cm³/mol. The Bertz CT molecular complexity index is 1480. The molecule has 3 amide bonds. The molecule has 3 aromatic carbocycles. The van der Waals surface area contributed by atoms with E-state index in [1.807, 2.05) is 0 Å². The molecule has 0 aromatic heterocycles. The van der Waals surface area contributed by atoms with Crippen molar-refractivity contribution in [2.24, 2.45) is 0 Å². The number of aromatic carboxylic acids is 1. The second kappa shape index (κ2) is 11.3. The standard InChI is InChI=1S/C29H28ClN3O8/c1-40-23-12-16(6-11-21(23)32-28(39)31-20-5-3-2-4-19(20)30)13-25(35)33-15-22(34)26(36)29(33)14-24(29)41-18-9-7-17(8-10-18)27(37)38/h2-12,22,24,26,34,36H,13-15H2,1H3,(H,37,38)(H2,31,32,39)/t22-,24-,26-,29?/m0/s1. The number of amides is 3. The molecule has 11 nitrogen and oxygen atoms in total. The zero-order valence-corrected chi connectivity index (χ0v) is 22.7. The summed E-state index contributed by atoms with van der Waals surface area (Å²) < 4.78 is 11.4. The van der Waals surface area contributed by atoms with E-state index in [-0.39, 0.29) is 24.4 Å². The monoisotopic (exact) mass is 581 g/mol. The minimum atomic E-state index is -1.20. The lowest BCUT2D eigenvalue weighted by atomic mass is 10.1. The van der Waals surface area contributed by atoms with Gasteiger partial charge in [-0.3, -0.25) is 4.79 Å². The summed E-state index contributed by atoms with van der Waals surface area (Å²) >= 11 is 6.10. The van der Waals surface area contributed by atoms with Crippen molar-refractivity contribution in [1.82, 2.24) is 4.90 Å². The topological polar surface area (TPSA) is 158 Å². The number of carbonyl (C=O) groups is 3. The molecule has 1 saturated heterocycles. The van der Waals surface area contributed by atoms with E-state index in [1.165, 1.54) is 36.3 Å². The quantitative estimate of drug-likeness (QED) is 0.271. The van der Waals surface area contributed by atoms with Gasteiger partial charge in [0, 0.05) is 6.42 Å². The second-order valence-corrected chi connectivity index (χ2v) is 10.3. The van der Waals surface area contributed by atoms with Crippen molar-refractivity contribution in [3.05, 3.63) is 82.9 Å². The van der Waals surface area contributed by atoms with Crippen molar-refractivity contribution in [2.75, 3.05) is 24.3 Å². The minimum Gasteiger partial charge on any atom is -0.495 e. The lowest BCUT2D eigenvalue weighted by molar-refractivity contribution is -0.133. The predicted octanol–water partition coefficient (Wildman–Crippen LogP) is 3.39. The largest absolute Gasteiger partial charge is 0.495 e. The molecule has 4 atom stereocenters. The van der Waals surface area contributed by atoms with Crippen LogP contribution in [0.5, 0.6) is 11.5 Å². The number of likely N-dealkylation sites (tertiary alicyclic amines) is 1. The van der Waals surface area contributed by atoms with Gasteiger partial charge in [-0.25, -0.2) is 9.59 Å². The third-order valence-corrected chi connectivity index (χ3v) is 7.66. The van der Waals surface area contributed by atoms with Gasteiger partial charge in [0.05, 0.1) is 48.1 Å². The fourth-order valence-corrected chi connectivity index (χ4v) is 5.34. The second-order valence-electron chi connectivity index (χ2n) is 9.92. The first-order valence-corrected chi connectivity index (χ1v) is 13.2. The number of nitrogens with zero attached hydrogens (tertiary/aromatic N) is 1. The van der Waals surface area contributed by atoms with Gasteiger partial charge in [-0.2, -0.15) is 0 Å².